The van der Waals surface area contributed by atoms with Crippen LogP contribution in [0.2, 0.25) is 0 Å². The Morgan fingerprint density at radius 3 is 2.59 bits per heavy atom. The first-order valence-corrected chi connectivity index (χ1v) is 8.99. The molecule has 1 fully saturated rings. The van der Waals surface area contributed by atoms with E-state index in [-0.39, 0.29) is 11.8 Å². The Labute approximate surface area is 157 Å². The molecule has 1 aliphatic rings. The highest BCUT2D eigenvalue weighted by Gasteiger charge is 2.26. The number of rotatable bonds is 6. The molecule has 0 unspecified atom stereocenters. The molecule has 1 amide bonds. The fourth-order valence-corrected chi connectivity index (χ4v) is 3.02. The second-order valence-electron chi connectivity index (χ2n) is 6.63. The second-order valence-corrected chi connectivity index (χ2v) is 6.63. The molecule has 0 aliphatic carbocycles. The Morgan fingerprint density at radius 2 is 1.93 bits per heavy atom. The van der Waals surface area contributed by atoms with Crippen molar-refractivity contribution in [2.24, 2.45) is 5.92 Å². The van der Waals surface area contributed by atoms with Crippen molar-refractivity contribution in [1.82, 2.24) is 15.3 Å². The molecule has 0 atom stereocenters. The van der Waals surface area contributed by atoms with Crippen LogP contribution in [0.4, 0.5) is 26.2 Å². The van der Waals surface area contributed by atoms with E-state index < -0.39 is 13.0 Å². The van der Waals surface area contributed by atoms with Gasteiger partial charge in [-0.15, -0.1) is 0 Å². The number of carbonyl (C=O) groups excluding carboxylic acids is 1. The van der Waals surface area contributed by atoms with E-state index in [1.54, 1.807) is 12.3 Å². The van der Waals surface area contributed by atoms with Gasteiger partial charge in [0.05, 0.1) is 6.54 Å². The Morgan fingerprint density at radius 1 is 1.22 bits per heavy atom. The van der Waals surface area contributed by atoms with Crippen molar-refractivity contribution in [3.63, 3.8) is 0 Å². The average molecular weight is 375 g/mol. The molecule has 144 valence electrons. The Kier molecular flexibility index (Phi) is 6.16. The smallest absolute Gasteiger partial charge is 0.255 e. The van der Waals surface area contributed by atoms with E-state index in [0.717, 1.165) is 5.69 Å². The number of aryl methyl sites for hydroxylation is 1. The van der Waals surface area contributed by atoms with E-state index in [9.17, 15) is 13.6 Å². The minimum Gasteiger partial charge on any atom is -0.350 e. The number of piperidine rings is 1. The summed E-state index contributed by atoms with van der Waals surface area (Å²) in [7, 11) is 0. The van der Waals surface area contributed by atoms with Gasteiger partial charge in [-0.25, -0.2) is 13.8 Å². The number of hydrogen-bond acceptors (Lipinski definition) is 5. The molecular formula is C19H23F2N5O. The first kappa shape index (κ1) is 19.0. The molecule has 0 radical (unpaired) electrons. The van der Waals surface area contributed by atoms with Crippen LogP contribution in [0, 0.1) is 12.8 Å². The number of benzene rings is 1. The first-order valence-electron chi connectivity index (χ1n) is 8.99. The number of aromatic nitrogens is 2. The highest BCUT2D eigenvalue weighted by Crippen LogP contribution is 2.22. The molecule has 2 aromatic rings. The molecule has 0 saturated carbocycles. The zero-order chi connectivity index (χ0) is 19.2. The van der Waals surface area contributed by atoms with E-state index >= 15 is 0 Å². The van der Waals surface area contributed by atoms with Gasteiger partial charge in [0.15, 0.2) is 0 Å². The van der Waals surface area contributed by atoms with Gasteiger partial charge in [-0.3, -0.25) is 4.79 Å². The molecule has 0 spiro atoms. The van der Waals surface area contributed by atoms with Crippen LogP contribution in [-0.2, 0) is 4.79 Å². The summed E-state index contributed by atoms with van der Waals surface area (Å²) in [5, 5.41) is 5.55. The lowest BCUT2D eigenvalue weighted by Crippen LogP contribution is -2.42. The topological polar surface area (TPSA) is 70.2 Å². The molecule has 1 aromatic heterocycles. The SMILES string of the molecule is Cc1ccc(Nc2ccnc(N3CCC(C(=O)NCC(F)F)CC3)n2)cc1. The first-order chi connectivity index (χ1) is 13.0. The largest absolute Gasteiger partial charge is 0.350 e. The van der Waals surface area contributed by atoms with Crippen molar-refractivity contribution < 1.29 is 13.6 Å². The lowest BCUT2D eigenvalue weighted by atomic mass is 9.96. The molecule has 3 rings (SSSR count). The predicted molar refractivity (Wildman–Crippen MR) is 100 cm³/mol. The maximum atomic E-state index is 12.2. The van der Waals surface area contributed by atoms with Crippen molar-refractivity contribution >= 4 is 23.4 Å². The van der Waals surface area contributed by atoms with E-state index in [2.05, 4.69) is 20.6 Å². The van der Waals surface area contributed by atoms with Gasteiger partial charge in [0.2, 0.25) is 11.9 Å². The van der Waals surface area contributed by atoms with Gasteiger partial charge in [-0.2, -0.15) is 4.98 Å². The number of halogens is 2. The molecule has 1 saturated heterocycles. The maximum Gasteiger partial charge on any atom is 0.255 e. The van der Waals surface area contributed by atoms with Crippen LogP contribution in [0.15, 0.2) is 36.5 Å². The van der Waals surface area contributed by atoms with Gasteiger partial charge in [0.25, 0.3) is 6.43 Å². The molecule has 2 N–H and O–H groups in total. The molecule has 6 nitrogen and oxygen atoms in total. The molecule has 1 aliphatic heterocycles. The van der Waals surface area contributed by atoms with Gasteiger partial charge in [-0.05, 0) is 38.0 Å². The van der Waals surface area contributed by atoms with Crippen molar-refractivity contribution in [2.75, 3.05) is 29.9 Å². The van der Waals surface area contributed by atoms with Gasteiger partial charge in [-0.1, -0.05) is 17.7 Å². The van der Waals surface area contributed by atoms with E-state index in [4.69, 9.17) is 0 Å². The molecule has 2 heterocycles. The Balaban J connectivity index is 1.56. The number of alkyl halides is 2. The Bertz CT molecular complexity index is 761. The predicted octanol–water partition coefficient (Wildman–Crippen LogP) is 3.13. The number of hydrogen-bond donors (Lipinski definition) is 2. The average Bonchev–Trinajstić information content (AvgIpc) is 2.68. The van der Waals surface area contributed by atoms with Crippen LogP contribution < -0.4 is 15.5 Å². The lowest BCUT2D eigenvalue weighted by molar-refractivity contribution is -0.126. The molecule has 8 heteroatoms. The summed E-state index contributed by atoms with van der Waals surface area (Å²) < 4.78 is 24.4. The molecule has 1 aromatic carbocycles. The number of amides is 1. The summed E-state index contributed by atoms with van der Waals surface area (Å²) in [6.07, 6.45) is 0.355. The van der Waals surface area contributed by atoms with Crippen LogP contribution in [0.3, 0.4) is 0 Å². The number of carbonyl (C=O) groups is 1. The van der Waals surface area contributed by atoms with Gasteiger partial charge in [0, 0.05) is 30.9 Å². The van der Waals surface area contributed by atoms with Crippen LogP contribution in [0.5, 0.6) is 0 Å². The summed E-state index contributed by atoms with van der Waals surface area (Å²) >= 11 is 0. The van der Waals surface area contributed by atoms with E-state index in [1.807, 2.05) is 36.1 Å². The fourth-order valence-electron chi connectivity index (χ4n) is 3.02. The lowest BCUT2D eigenvalue weighted by Gasteiger charge is -2.31. The van der Waals surface area contributed by atoms with Crippen molar-refractivity contribution in [3.05, 3.63) is 42.1 Å². The third kappa shape index (κ3) is 5.35. The second kappa shape index (κ2) is 8.75. The Hall–Kier alpha value is -2.77. The monoisotopic (exact) mass is 375 g/mol. The normalized spacial score (nSPS) is 15.0. The van der Waals surface area contributed by atoms with Gasteiger partial charge < -0.3 is 15.5 Å². The van der Waals surface area contributed by atoms with Crippen molar-refractivity contribution in [1.29, 1.82) is 0 Å². The third-order valence-corrected chi connectivity index (χ3v) is 4.55. The summed E-state index contributed by atoms with van der Waals surface area (Å²) in [5.41, 5.74) is 2.13. The molecule has 0 bridgehead atoms. The van der Waals surface area contributed by atoms with Crippen molar-refractivity contribution in [2.45, 2.75) is 26.2 Å². The third-order valence-electron chi connectivity index (χ3n) is 4.55. The highest BCUT2D eigenvalue weighted by atomic mass is 19.3. The summed E-state index contributed by atoms with van der Waals surface area (Å²) in [5.74, 6) is 0.749. The quantitative estimate of drug-likeness (QED) is 0.812. The summed E-state index contributed by atoms with van der Waals surface area (Å²) in [6, 6.07) is 9.82. The number of nitrogens with one attached hydrogen (secondary N) is 2. The van der Waals surface area contributed by atoms with E-state index in [1.165, 1.54) is 5.56 Å². The fraction of sp³-hybridized carbons (Fsp3) is 0.421. The van der Waals surface area contributed by atoms with Crippen LogP contribution in [-0.4, -0.2) is 41.9 Å². The number of nitrogens with zero attached hydrogens (tertiary/aromatic N) is 3. The zero-order valence-electron chi connectivity index (χ0n) is 15.2. The van der Waals surface area contributed by atoms with Crippen LogP contribution in [0.1, 0.15) is 18.4 Å². The standard InChI is InChI=1S/C19H23F2N5O/c1-13-2-4-15(5-3-13)24-17-6-9-22-19(25-17)26-10-7-14(8-11-26)18(27)23-12-16(20)21/h2-6,9,14,16H,7-8,10-12H2,1H3,(H,23,27)(H,22,24,25). The van der Waals surface area contributed by atoms with Gasteiger partial charge >= 0.3 is 0 Å². The van der Waals surface area contributed by atoms with E-state index in [0.29, 0.717) is 37.7 Å². The minimum absolute atomic E-state index is 0.242. The van der Waals surface area contributed by atoms with Crippen LogP contribution >= 0.6 is 0 Å². The highest BCUT2D eigenvalue weighted by molar-refractivity contribution is 5.79. The van der Waals surface area contributed by atoms with Crippen molar-refractivity contribution in [3.8, 4) is 0 Å². The summed E-state index contributed by atoms with van der Waals surface area (Å²) in [6.45, 7) is 2.67. The van der Waals surface area contributed by atoms with Gasteiger partial charge in [0.1, 0.15) is 5.82 Å². The number of anilines is 3. The zero-order valence-corrected chi connectivity index (χ0v) is 15.2. The van der Waals surface area contributed by atoms with Crippen LogP contribution in [0.25, 0.3) is 0 Å². The maximum absolute atomic E-state index is 12.2. The summed E-state index contributed by atoms with van der Waals surface area (Å²) in [4.78, 5) is 22.8. The minimum atomic E-state index is -2.52. The molecule has 27 heavy (non-hydrogen) atoms. The molecular weight excluding hydrogens is 352 g/mol.